The summed E-state index contributed by atoms with van der Waals surface area (Å²) < 4.78 is 18.9. The van der Waals surface area contributed by atoms with Gasteiger partial charge in [0.1, 0.15) is 5.82 Å². The summed E-state index contributed by atoms with van der Waals surface area (Å²) in [6.45, 7) is 5.70. The minimum Gasteiger partial charge on any atom is -0.382 e. The monoisotopic (exact) mass is 225 g/mol. The van der Waals surface area contributed by atoms with Gasteiger partial charge >= 0.3 is 0 Å². The summed E-state index contributed by atoms with van der Waals surface area (Å²) in [4.78, 5) is 0. The molecule has 1 rings (SSSR count). The first-order valence-electron chi connectivity index (χ1n) is 5.50. The summed E-state index contributed by atoms with van der Waals surface area (Å²) in [5.74, 6) is -0.215. The zero-order valence-corrected chi connectivity index (χ0v) is 10.4. The van der Waals surface area contributed by atoms with Gasteiger partial charge in [-0.25, -0.2) is 4.39 Å². The predicted octanol–water partition coefficient (Wildman–Crippen LogP) is 2.87. The van der Waals surface area contributed by atoms with Crippen molar-refractivity contribution in [3.05, 3.63) is 34.6 Å². The standard InChI is InChI=1S/C13H20FNO/c1-8-5-9(2)13(11(14)6-8)12(15)7-10(3)16-4/h5-6,10,12H,7,15H2,1-4H3. The van der Waals surface area contributed by atoms with Crippen LogP contribution in [-0.4, -0.2) is 13.2 Å². The lowest BCUT2D eigenvalue weighted by atomic mass is 9.95. The molecule has 0 amide bonds. The van der Waals surface area contributed by atoms with E-state index in [-0.39, 0.29) is 18.0 Å². The van der Waals surface area contributed by atoms with Crippen molar-refractivity contribution in [2.45, 2.75) is 39.3 Å². The molecule has 0 spiro atoms. The van der Waals surface area contributed by atoms with Crippen LogP contribution in [0.2, 0.25) is 0 Å². The largest absolute Gasteiger partial charge is 0.382 e. The Kier molecular flexibility index (Phi) is 4.44. The van der Waals surface area contributed by atoms with Gasteiger partial charge in [0.15, 0.2) is 0 Å². The van der Waals surface area contributed by atoms with Crippen LogP contribution < -0.4 is 5.73 Å². The van der Waals surface area contributed by atoms with Gasteiger partial charge in [0.05, 0.1) is 6.10 Å². The van der Waals surface area contributed by atoms with E-state index in [9.17, 15) is 4.39 Å². The Bertz CT molecular complexity index is 342. The van der Waals surface area contributed by atoms with Crippen molar-refractivity contribution in [1.29, 1.82) is 0 Å². The van der Waals surface area contributed by atoms with Gasteiger partial charge in [-0.1, -0.05) is 6.07 Å². The van der Waals surface area contributed by atoms with Crippen LogP contribution in [0, 0.1) is 19.7 Å². The molecule has 0 radical (unpaired) electrons. The first kappa shape index (κ1) is 13.1. The topological polar surface area (TPSA) is 35.2 Å². The molecular weight excluding hydrogens is 205 g/mol. The molecule has 3 heteroatoms. The van der Waals surface area contributed by atoms with Gasteiger partial charge in [-0.2, -0.15) is 0 Å². The van der Waals surface area contributed by atoms with E-state index in [1.54, 1.807) is 7.11 Å². The van der Waals surface area contributed by atoms with Crippen LogP contribution >= 0.6 is 0 Å². The Labute approximate surface area is 96.6 Å². The van der Waals surface area contributed by atoms with Gasteiger partial charge in [0.25, 0.3) is 0 Å². The van der Waals surface area contributed by atoms with Crippen LogP contribution in [0.5, 0.6) is 0 Å². The number of methoxy groups -OCH3 is 1. The number of rotatable bonds is 4. The van der Waals surface area contributed by atoms with E-state index >= 15 is 0 Å². The summed E-state index contributed by atoms with van der Waals surface area (Å²) in [6.07, 6.45) is 0.659. The third-order valence-electron chi connectivity index (χ3n) is 2.84. The lowest BCUT2D eigenvalue weighted by molar-refractivity contribution is 0.104. The highest BCUT2D eigenvalue weighted by Gasteiger charge is 2.17. The van der Waals surface area contributed by atoms with E-state index in [0.717, 1.165) is 11.1 Å². The maximum absolute atomic E-state index is 13.8. The minimum atomic E-state index is -0.310. The highest BCUT2D eigenvalue weighted by Crippen LogP contribution is 2.24. The zero-order valence-electron chi connectivity index (χ0n) is 10.4. The van der Waals surface area contributed by atoms with E-state index in [2.05, 4.69) is 0 Å². The SMILES string of the molecule is COC(C)CC(N)c1c(C)cc(C)cc1F. The van der Waals surface area contributed by atoms with Crippen LogP contribution in [0.1, 0.15) is 36.1 Å². The van der Waals surface area contributed by atoms with Crippen molar-refractivity contribution in [2.75, 3.05) is 7.11 Å². The van der Waals surface area contributed by atoms with Crippen molar-refractivity contribution >= 4 is 0 Å². The highest BCUT2D eigenvalue weighted by atomic mass is 19.1. The van der Waals surface area contributed by atoms with Gasteiger partial charge in [-0.3, -0.25) is 0 Å². The lowest BCUT2D eigenvalue weighted by Crippen LogP contribution is -2.20. The Morgan fingerprint density at radius 2 is 2.00 bits per heavy atom. The van der Waals surface area contributed by atoms with Gasteiger partial charge in [-0.15, -0.1) is 0 Å². The van der Waals surface area contributed by atoms with Crippen molar-refractivity contribution in [1.82, 2.24) is 0 Å². The molecule has 16 heavy (non-hydrogen) atoms. The van der Waals surface area contributed by atoms with Gasteiger partial charge in [-0.05, 0) is 44.4 Å². The molecule has 2 unspecified atom stereocenters. The average molecular weight is 225 g/mol. The van der Waals surface area contributed by atoms with Crippen molar-refractivity contribution in [2.24, 2.45) is 5.73 Å². The zero-order chi connectivity index (χ0) is 12.3. The fraction of sp³-hybridized carbons (Fsp3) is 0.538. The second kappa shape index (κ2) is 5.41. The molecule has 1 aromatic carbocycles. The minimum absolute atomic E-state index is 0.0371. The number of hydrogen-bond donors (Lipinski definition) is 1. The number of benzene rings is 1. The fourth-order valence-corrected chi connectivity index (χ4v) is 1.97. The summed E-state index contributed by atoms with van der Waals surface area (Å²) in [6, 6.07) is 3.17. The van der Waals surface area contributed by atoms with Crippen LogP contribution in [0.15, 0.2) is 12.1 Å². The van der Waals surface area contributed by atoms with Crippen molar-refractivity contribution in [3.8, 4) is 0 Å². The molecule has 0 heterocycles. The molecule has 1 aromatic rings. The molecule has 0 aliphatic rings. The molecule has 0 saturated heterocycles. The summed E-state index contributed by atoms with van der Waals surface area (Å²) in [5, 5.41) is 0. The number of aryl methyl sites for hydroxylation is 2. The second-order valence-electron chi connectivity index (χ2n) is 4.37. The van der Waals surface area contributed by atoms with E-state index < -0.39 is 0 Å². The van der Waals surface area contributed by atoms with E-state index in [4.69, 9.17) is 10.5 Å². The quantitative estimate of drug-likeness (QED) is 0.855. The number of ether oxygens (including phenoxy) is 1. The maximum Gasteiger partial charge on any atom is 0.128 e. The number of halogens is 1. The van der Waals surface area contributed by atoms with Crippen LogP contribution in [0.4, 0.5) is 4.39 Å². The molecule has 0 fully saturated rings. The average Bonchev–Trinajstić information content (AvgIpc) is 2.15. The molecule has 2 nitrogen and oxygen atoms in total. The van der Waals surface area contributed by atoms with E-state index in [1.165, 1.54) is 6.07 Å². The first-order chi connectivity index (χ1) is 7.45. The fourth-order valence-electron chi connectivity index (χ4n) is 1.97. The van der Waals surface area contributed by atoms with Crippen molar-refractivity contribution in [3.63, 3.8) is 0 Å². The normalized spacial score (nSPS) is 14.9. The highest BCUT2D eigenvalue weighted by molar-refractivity contribution is 5.34. The molecule has 90 valence electrons. The van der Waals surface area contributed by atoms with Gasteiger partial charge in [0, 0.05) is 18.7 Å². The lowest BCUT2D eigenvalue weighted by Gasteiger charge is -2.19. The summed E-state index contributed by atoms with van der Waals surface area (Å²) in [5.41, 5.74) is 8.44. The van der Waals surface area contributed by atoms with Crippen LogP contribution in [0.3, 0.4) is 0 Å². The smallest absolute Gasteiger partial charge is 0.128 e. The Morgan fingerprint density at radius 3 is 2.50 bits per heavy atom. The molecule has 0 bridgehead atoms. The molecule has 0 aliphatic carbocycles. The molecule has 0 aromatic heterocycles. The molecule has 2 atom stereocenters. The van der Waals surface area contributed by atoms with Crippen molar-refractivity contribution < 1.29 is 9.13 Å². The van der Waals surface area contributed by atoms with Crippen LogP contribution in [0.25, 0.3) is 0 Å². The molecule has 0 aliphatic heterocycles. The van der Waals surface area contributed by atoms with Gasteiger partial charge < -0.3 is 10.5 Å². The van der Waals surface area contributed by atoms with E-state index in [0.29, 0.717) is 12.0 Å². The third-order valence-corrected chi connectivity index (χ3v) is 2.84. The predicted molar refractivity (Wildman–Crippen MR) is 63.9 cm³/mol. The number of hydrogen-bond acceptors (Lipinski definition) is 2. The first-order valence-corrected chi connectivity index (χ1v) is 5.50. The molecule has 0 saturated carbocycles. The Balaban J connectivity index is 2.95. The van der Waals surface area contributed by atoms with Gasteiger partial charge in [0.2, 0.25) is 0 Å². The Hall–Kier alpha value is -0.930. The second-order valence-corrected chi connectivity index (χ2v) is 4.37. The molecular formula is C13H20FNO. The van der Waals surface area contributed by atoms with Crippen LogP contribution in [-0.2, 0) is 4.74 Å². The summed E-state index contributed by atoms with van der Waals surface area (Å²) in [7, 11) is 1.63. The Morgan fingerprint density at radius 1 is 1.38 bits per heavy atom. The maximum atomic E-state index is 13.8. The van der Waals surface area contributed by atoms with E-state index in [1.807, 2.05) is 26.8 Å². The number of nitrogens with two attached hydrogens (primary N) is 1. The third kappa shape index (κ3) is 3.03. The summed E-state index contributed by atoms with van der Waals surface area (Å²) >= 11 is 0. The molecule has 2 N–H and O–H groups in total.